The largest absolute Gasteiger partial charge is 0.456 e. The summed E-state index contributed by atoms with van der Waals surface area (Å²) in [7, 11) is 0. The molecule has 0 aliphatic carbocycles. The Kier molecular flexibility index (Phi) is 1.92. The first-order valence-electron chi connectivity index (χ1n) is 3.54. The Labute approximate surface area is 70.1 Å². The van der Waals surface area contributed by atoms with Gasteiger partial charge in [0.2, 0.25) is 5.79 Å². The molecule has 4 nitrogen and oxygen atoms in total. The molecular weight excluding hydrogens is 160 g/mol. The number of carbonyl (C=O) groups is 2. The zero-order valence-corrected chi connectivity index (χ0v) is 7.21. The lowest BCUT2D eigenvalue weighted by molar-refractivity contribution is -0.206. The van der Waals surface area contributed by atoms with E-state index in [2.05, 4.69) is 0 Å². The molecule has 12 heavy (non-hydrogen) atoms. The summed E-state index contributed by atoms with van der Waals surface area (Å²) in [6.07, 6.45) is 0.437. The van der Waals surface area contributed by atoms with Gasteiger partial charge in [0.05, 0.1) is 0 Å². The fraction of sp³-hybridized carbons (Fsp3) is 0.500. The van der Waals surface area contributed by atoms with E-state index in [1.54, 1.807) is 20.8 Å². The smallest absolute Gasteiger partial charge is 0.348 e. The van der Waals surface area contributed by atoms with E-state index in [1.807, 2.05) is 0 Å². The molecule has 0 aromatic rings. The van der Waals surface area contributed by atoms with Crippen molar-refractivity contribution in [2.24, 2.45) is 0 Å². The van der Waals surface area contributed by atoms with E-state index in [0.29, 0.717) is 12.0 Å². The van der Waals surface area contributed by atoms with Crippen molar-refractivity contribution in [2.45, 2.75) is 26.6 Å². The van der Waals surface area contributed by atoms with Crippen LogP contribution in [0, 0.1) is 0 Å². The summed E-state index contributed by atoms with van der Waals surface area (Å²) in [5.74, 6) is -1.28. The Morgan fingerprint density at radius 2 is 1.92 bits per heavy atom. The van der Waals surface area contributed by atoms with Gasteiger partial charge < -0.3 is 9.47 Å². The predicted octanol–water partition coefficient (Wildman–Crippen LogP) is 0.769. The van der Waals surface area contributed by atoms with Crippen LogP contribution in [-0.2, 0) is 19.1 Å². The molecule has 0 spiro atoms. The molecule has 66 valence electrons. The van der Waals surface area contributed by atoms with Gasteiger partial charge in [-0.2, -0.15) is 0 Å². The molecule has 0 aromatic heterocycles. The molecule has 0 N–H and O–H groups in total. The molecule has 1 aliphatic heterocycles. The van der Waals surface area contributed by atoms with Gasteiger partial charge in [-0.15, -0.1) is 0 Å². The Morgan fingerprint density at radius 1 is 1.33 bits per heavy atom. The average molecular weight is 170 g/mol. The van der Waals surface area contributed by atoms with E-state index >= 15 is 0 Å². The van der Waals surface area contributed by atoms with Crippen LogP contribution in [0.15, 0.2) is 11.3 Å². The number of rotatable bonds is 1. The Morgan fingerprint density at radius 3 is 2.33 bits per heavy atom. The van der Waals surface area contributed by atoms with Crippen LogP contribution < -0.4 is 0 Å². The number of ether oxygens (including phenoxy) is 2. The number of hydrogen-bond acceptors (Lipinski definition) is 4. The zero-order valence-electron chi connectivity index (χ0n) is 7.21. The van der Waals surface area contributed by atoms with Gasteiger partial charge in [0, 0.05) is 13.8 Å². The topological polar surface area (TPSA) is 52.6 Å². The second-order valence-electron chi connectivity index (χ2n) is 2.98. The number of esters is 1. The number of allylic oxidation sites excluding steroid dienone is 1. The molecule has 0 amide bonds. The molecular formula is C8H10O4. The number of carbonyl (C=O) groups excluding carboxylic acids is 2. The third-order valence-corrected chi connectivity index (χ3v) is 1.45. The van der Waals surface area contributed by atoms with E-state index in [9.17, 15) is 9.59 Å². The van der Waals surface area contributed by atoms with E-state index in [0.717, 1.165) is 0 Å². The molecule has 1 aliphatic rings. The SMILES string of the molecule is CC1=C(C=O)C(=O)OC(C)(C)O1. The molecule has 0 saturated heterocycles. The number of aldehydes is 1. The molecule has 0 aromatic carbocycles. The molecule has 0 saturated carbocycles. The lowest BCUT2D eigenvalue weighted by Gasteiger charge is -2.30. The minimum Gasteiger partial charge on any atom is -0.456 e. The number of cyclic esters (lactones) is 1. The summed E-state index contributed by atoms with van der Waals surface area (Å²) in [4.78, 5) is 21.4. The highest BCUT2D eigenvalue weighted by Crippen LogP contribution is 2.24. The van der Waals surface area contributed by atoms with Gasteiger partial charge >= 0.3 is 5.97 Å². The van der Waals surface area contributed by atoms with Crippen LogP contribution >= 0.6 is 0 Å². The fourth-order valence-electron chi connectivity index (χ4n) is 0.998. The van der Waals surface area contributed by atoms with Gasteiger partial charge in [-0.1, -0.05) is 0 Å². The molecule has 1 heterocycles. The summed E-state index contributed by atoms with van der Waals surface area (Å²) in [5, 5.41) is 0. The molecule has 4 heteroatoms. The molecule has 1 rings (SSSR count). The van der Waals surface area contributed by atoms with E-state index < -0.39 is 11.8 Å². The molecule has 0 bridgehead atoms. The highest BCUT2D eigenvalue weighted by atomic mass is 16.7. The molecule has 0 radical (unpaired) electrons. The van der Waals surface area contributed by atoms with Gasteiger partial charge in [0.1, 0.15) is 11.3 Å². The second-order valence-corrected chi connectivity index (χ2v) is 2.98. The van der Waals surface area contributed by atoms with Crippen LogP contribution in [0.2, 0.25) is 0 Å². The molecule has 0 unspecified atom stereocenters. The first-order chi connectivity index (χ1) is 5.46. The van der Waals surface area contributed by atoms with Crippen molar-refractivity contribution >= 4 is 12.3 Å². The maximum atomic E-state index is 11.1. The first-order valence-corrected chi connectivity index (χ1v) is 3.54. The number of hydrogen-bond donors (Lipinski definition) is 0. The summed E-state index contributed by atoms with van der Waals surface area (Å²) in [6, 6.07) is 0. The Hall–Kier alpha value is -1.32. The van der Waals surface area contributed by atoms with Crippen LogP contribution in [0.3, 0.4) is 0 Å². The van der Waals surface area contributed by atoms with Crippen molar-refractivity contribution in [3.63, 3.8) is 0 Å². The van der Waals surface area contributed by atoms with Crippen LogP contribution in [0.1, 0.15) is 20.8 Å². The van der Waals surface area contributed by atoms with Crippen LogP contribution in [0.25, 0.3) is 0 Å². The maximum absolute atomic E-state index is 11.1. The van der Waals surface area contributed by atoms with Gasteiger partial charge in [-0.05, 0) is 6.92 Å². The van der Waals surface area contributed by atoms with Crippen molar-refractivity contribution < 1.29 is 19.1 Å². The highest BCUT2D eigenvalue weighted by molar-refractivity contribution is 6.08. The van der Waals surface area contributed by atoms with E-state index in [4.69, 9.17) is 9.47 Å². The fourth-order valence-corrected chi connectivity index (χ4v) is 0.998. The predicted molar refractivity (Wildman–Crippen MR) is 40.0 cm³/mol. The quantitative estimate of drug-likeness (QED) is 0.331. The minimum atomic E-state index is -0.965. The first kappa shape index (κ1) is 8.77. The minimum absolute atomic E-state index is 0.0469. The normalized spacial score (nSPS) is 21.4. The summed E-state index contributed by atoms with van der Waals surface area (Å²) < 4.78 is 9.95. The third-order valence-electron chi connectivity index (χ3n) is 1.45. The van der Waals surface area contributed by atoms with Crippen molar-refractivity contribution in [1.29, 1.82) is 0 Å². The zero-order chi connectivity index (χ0) is 9.35. The van der Waals surface area contributed by atoms with Gasteiger partial charge in [0.25, 0.3) is 0 Å². The summed E-state index contributed by atoms with van der Waals surface area (Å²) >= 11 is 0. The van der Waals surface area contributed by atoms with E-state index in [1.165, 1.54) is 0 Å². The van der Waals surface area contributed by atoms with E-state index in [-0.39, 0.29) is 5.57 Å². The van der Waals surface area contributed by atoms with Crippen LogP contribution in [0.5, 0.6) is 0 Å². The van der Waals surface area contributed by atoms with Crippen molar-refractivity contribution in [3.05, 3.63) is 11.3 Å². The Bertz CT molecular complexity index is 262. The molecule has 0 fully saturated rings. The van der Waals surface area contributed by atoms with Crippen molar-refractivity contribution in [3.8, 4) is 0 Å². The van der Waals surface area contributed by atoms with Crippen LogP contribution in [0.4, 0.5) is 0 Å². The highest BCUT2D eigenvalue weighted by Gasteiger charge is 2.33. The van der Waals surface area contributed by atoms with Crippen LogP contribution in [-0.4, -0.2) is 18.0 Å². The van der Waals surface area contributed by atoms with Gasteiger partial charge in [-0.3, -0.25) is 4.79 Å². The summed E-state index contributed by atoms with van der Waals surface area (Å²) in [6.45, 7) is 4.78. The van der Waals surface area contributed by atoms with Crippen molar-refractivity contribution in [2.75, 3.05) is 0 Å². The monoisotopic (exact) mass is 170 g/mol. The van der Waals surface area contributed by atoms with Crippen molar-refractivity contribution in [1.82, 2.24) is 0 Å². The summed E-state index contributed by atoms with van der Waals surface area (Å²) in [5.41, 5.74) is -0.0469. The molecule has 0 atom stereocenters. The maximum Gasteiger partial charge on any atom is 0.348 e. The van der Waals surface area contributed by atoms with Gasteiger partial charge in [0.15, 0.2) is 6.29 Å². The average Bonchev–Trinajstić information content (AvgIpc) is 1.82. The van der Waals surface area contributed by atoms with Gasteiger partial charge in [-0.25, -0.2) is 4.79 Å². The Balaban J connectivity index is 3.02. The lowest BCUT2D eigenvalue weighted by atomic mass is 10.2. The third kappa shape index (κ3) is 1.47. The second kappa shape index (κ2) is 2.62. The standard InChI is InChI=1S/C8H10O4/c1-5-6(4-9)7(10)12-8(2,3)11-5/h4H,1-3H3. The lowest BCUT2D eigenvalue weighted by Crippen LogP contribution is -2.36.